The third-order valence-electron chi connectivity index (χ3n) is 3.17. The van der Waals surface area contributed by atoms with Gasteiger partial charge in [0.05, 0.1) is 16.6 Å². The van der Waals surface area contributed by atoms with Crippen LogP contribution in [0.4, 0.5) is 5.69 Å². The number of phenolic OH excluding ortho intramolecular Hbond substituents is 4. The number of rotatable bonds is 3. The van der Waals surface area contributed by atoms with Gasteiger partial charge in [0.2, 0.25) is 0 Å². The molecule has 0 spiro atoms. The smallest absolute Gasteiger partial charge is 0.283 e. The van der Waals surface area contributed by atoms with Gasteiger partial charge in [0.25, 0.3) is 5.69 Å². The minimum atomic E-state index is -0.706. The zero-order chi connectivity index (χ0) is 17.4. The van der Waals surface area contributed by atoms with E-state index in [1.165, 1.54) is 18.2 Å². The quantitative estimate of drug-likeness (QED) is 0.321. The lowest BCUT2D eigenvalue weighted by Crippen LogP contribution is -1.92. The maximum atomic E-state index is 11.1. The topological polar surface area (TPSA) is 150 Å². The molecule has 122 valence electrons. The van der Waals surface area contributed by atoms with Gasteiger partial charge in [0.1, 0.15) is 5.01 Å². The predicted octanol–water partition coefficient (Wildman–Crippen LogP) is 2.60. The molecule has 0 amide bonds. The fourth-order valence-electron chi connectivity index (χ4n) is 1.99. The van der Waals surface area contributed by atoms with Gasteiger partial charge >= 0.3 is 0 Å². The van der Waals surface area contributed by atoms with Crippen LogP contribution in [0.3, 0.4) is 0 Å². The molecule has 4 N–H and O–H groups in total. The maximum Gasteiger partial charge on any atom is 0.283 e. The Morgan fingerprint density at radius 1 is 0.875 bits per heavy atom. The van der Waals surface area contributed by atoms with E-state index in [1.54, 1.807) is 0 Å². The second-order valence-corrected chi connectivity index (χ2v) is 5.71. The Kier molecular flexibility index (Phi) is 3.66. The summed E-state index contributed by atoms with van der Waals surface area (Å²) in [6.07, 6.45) is 0. The van der Waals surface area contributed by atoms with E-state index in [1.807, 2.05) is 0 Å². The predicted molar refractivity (Wildman–Crippen MR) is 84.1 cm³/mol. The van der Waals surface area contributed by atoms with E-state index < -0.39 is 22.1 Å². The molecule has 0 aliphatic rings. The Bertz CT molecular complexity index is 956. The molecule has 24 heavy (non-hydrogen) atoms. The zero-order valence-electron chi connectivity index (χ0n) is 11.7. The van der Waals surface area contributed by atoms with Gasteiger partial charge in [-0.1, -0.05) is 11.3 Å². The molecule has 9 nitrogen and oxygen atoms in total. The van der Waals surface area contributed by atoms with E-state index in [0.717, 1.165) is 23.5 Å². The van der Waals surface area contributed by atoms with E-state index >= 15 is 0 Å². The number of phenols is 4. The van der Waals surface area contributed by atoms with Crippen molar-refractivity contribution in [1.82, 2.24) is 10.2 Å². The molecule has 0 bridgehead atoms. The average molecular weight is 347 g/mol. The van der Waals surface area contributed by atoms with Crippen LogP contribution in [0.1, 0.15) is 0 Å². The van der Waals surface area contributed by atoms with Gasteiger partial charge in [0, 0.05) is 11.6 Å². The van der Waals surface area contributed by atoms with Gasteiger partial charge in [-0.3, -0.25) is 10.1 Å². The summed E-state index contributed by atoms with van der Waals surface area (Å²) in [6.45, 7) is 0. The Morgan fingerprint density at radius 2 is 1.50 bits per heavy atom. The van der Waals surface area contributed by atoms with Crippen molar-refractivity contribution in [2.75, 3.05) is 0 Å². The largest absolute Gasteiger partial charge is 0.504 e. The maximum absolute atomic E-state index is 11.1. The number of nitro benzene ring substituents is 1. The third kappa shape index (κ3) is 2.65. The fraction of sp³-hybridized carbons (Fsp3) is 0. The first-order valence-corrected chi connectivity index (χ1v) is 7.25. The highest BCUT2D eigenvalue weighted by Crippen LogP contribution is 2.41. The van der Waals surface area contributed by atoms with Crippen LogP contribution in [0.2, 0.25) is 0 Å². The van der Waals surface area contributed by atoms with E-state index in [9.17, 15) is 30.5 Å². The van der Waals surface area contributed by atoms with Crippen LogP contribution < -0.4 is 0 Å². The first kappa shape index (κ1) is 15.5. The Labute approximate surface area is 137 Å². The fourth-order valence-corrected chi connectivity index (χ4v) is 2.86. The minimum absolute atomic E-state index is 0.00190. The first-order valence-electron chi connectivity index (χ1n) is 6.43. The summed E-state index contributed by atoms with van der Waals surface area (Å²) in [6, 6.07) is 5.93. The summed E-state index contributed by atoms with van der Waals surface area (Å²) in [5.41, 5.74) is 0.0308. The second kappa shape index (κ2) is 5.66. The molecule has 0 aliphatic carbocycles. The number of aromatic hydroxyl groups is 4. The van der Waals surface area contributed by atoms with Crippen molar-refractivity contribution in [3.63, 3.8) is 0 Å². The first-order chi connectivity index (χ1) is 11.4. The van der Waals surface area contributed by atoms with Crippen molar-refractivity contribution in [3.8, 4) is 44.1 Å². The molecule has 2 aromatic carbocycles. The monoisotopic (exact) mass is 347 g/mol. The Morgan fingerprint density at radius 3 is 2.17 bits per heavy atom. The summed E-state index contributed by atoms with van der Waals surface area (Å²) in [5, 5.41) is 57.2. The van der Waals surface area contributed by atoms with E-state index in [-0.39, 0.29) is 22.1 Å². The highest BCUT2D eigenvalue weighted by molar-refractivity contribution is 7.18. The van der Waals surface area contributed by atoms with E-state index in [2.05, 4.69) is 10.2 Å². The molecule has 3 rings (SSSR count). The summed E-state index contributed by atoms with van der Waals surface area (Å²) < 4.78 is 0. The highest BCUT2D eigenvalue weighted by atomic mass is 32.1. The van der Waals surface area contributed by atoms with Crippen LogP contribution >= 0.6 is 11.3 Å². The van der Waals surface area contributed by atoms with Gasteiger partial charge in [0.15, 0.2) is 28.0 Å². The molecule has 0 saturated heterocycles. The van der Waals surface area contributed by atoms with Crippen LogP contribution in [-0.4, -0.2) is 35.5 Å². The lowest BCUT2D eigenvalue weighted by atomic mass is 10.1. The number of hydrogen-bond acceptors (Lipinski definition) is 9. The van der Waals surface area contributed by atoms with Crippen LogP contribution in [0, 0.1) is 10.1 Å². The summed E-state index contributed by atoms with van der Waals surface area (Å²) in [5.74, 6) is -1.76. The molecule has 1 aromatic heterocycles. The van der Waals surface area contributed by atoms with E-state index in [0.29, 0.717) is 10.6 Å². The van der Waals surface area contributed by atoms with Gasteiger partial charge in [-0.15, -0.1) is 10.2 Å². The van der Waals surface area contributed by atoms with Crippen molar-refractivity contribution >= 4 is 17.0 Å². The molecule has 3 aromatic rings. The molecule has 0 radical (unpaired) electrons. The van der Waals surface area contributed by atoms with Gasteiger partial charge in [-0.25, -0.2) is 0 Å². The molecular formula is C14H9N3O6S. The number of benzene rings is 2. The Hall–Kier alpha value is -3.40. The van der Waals surface area contributed by atoms with Crippen LogP contribution in [0.5, 0.6) is 23.0 Å². The molecule has 0 aliphatic heterocycles. The highest BCUT2D eigenvalue weighted by Gasteiger charge is 2.22. The summed E-state index contributed by atoms with van der Waals surface area (Å²) in [7, 11) is 0. The van der Waals surface area contributed by atoms with Crippen molar-refractivity contribution in [3.05, 3.63) is 40.4 Å². The molecular weight excluding hydrogens is 338 g/mol. The van der Waals surface area contributed by atoms with Crippen LogP contribution in [0.15, 0.2) is 30.3 Å². The number of aromatic nitrogens is 2. The van der Waals surface area contributed by atoms with Crippen molar-refractivity contribution < 1.29 is 25.3 Å². The molecule has 0 atom stereocenters. The molecule has 1 heterocycles. The van der Waals surface area contributed by atoms with E-state index in [4.69, 9.17) is 0 Å². The van der Waals surface area contributed by atoms with Gasteiger partial charge < -0.3 is 20.4 Å². The van der Waals surface area contributed by atoms with Crippen LogP contribution in [-0.2, 0) is 0 Å². The number of nitro groups is 1. The summed E-state index contributed by atoms with van der Waals surface area (Å²) >= 11 is 0.988. The molecule has 10 heteroatoms. The number of nitrogens with zero attached hydrogens (tertiary/aromatic N) is 3. The number of hydrogen-bond donors (Lipinski definition) is 4. The van der Waals surface area contributed by atoms with Crippen molar-refractivity contribution in [2.45, 2.75) is 0 Å². The molecule has 0 fully saturated rings. The minimum Gasteiger partial charge on any atom is -0.504 e. The van der Waals surface area contributed by atoms with Crippen molar-refractivity contribution in [1.29, 1.82) is 0 Å². The Balaban J connectivity index is 2.09. The third-order valence-corrected chi connectivity index (χ3v) is 4.17. The standard InChI is InChI=1S/C14H9N3O6S/c18-9-2-1-6(3-10(9)19)13-15-16-14(24-13)7-4-11(20)12(21)5-8(7)17(22)23/h1-5,18-21H. The summed E-state index contributed by atoms with van der Waals surface area (Å²) in [4.78, 5) is 10.4. The SMILES string of the molecule is O=[N+]([O-])c1cc(O)c(O)cc1-c1nnc(-c2ccc(O)c(O)c2)s1. The lowest BCUT2D eigenvalue weighted by Gasteiger charge is -2.02. The average Bonchev–Trinajstić information content (AvgIpc) is 3.02. The normalized spacial score (nSPS) is 10.7. The lowest BCUT2D eigenvalue weighted by molar-refractivity contribution is -0.384. The molecule has 0 unspecified atom stereocenters. The van der Waals surface area contributed by atoms with Gasteiger partial charge in [-0.05, 0) is 18.2 Å². The van der Waals surface area contributed by atoms with Crippen LogP contribution in [0.25, 0.3) is 21.1 Å². The second-order valence-electron chi connectivity index (χ2n) is 4.73. The van der Waals surface area contributed by atoms with Gasteiger partial charge in [-0.2, -0.15) is 0 Å². The zero-order valence-corrected chi connectivity index (χ0v) is 12.6. The molecule has 0 saturated carbocycles. The van der Waals surface area contributed by atoms with Crippen molar-refractivity contribution in [2.24, 2.45) is 0 Å².